The zero-order chi connectivity index (χ0) is 10.2. The molecular weight excluding hydrogens is 184 g/mol. The third-order valence-electron chi connectivity index (χ3n) is 2.38. The molecule has 0 radical (unpaired) electrons. The number of carbonyl (C=O) groups excluding carboxylic acids is 2. The van der Waals surface area contributed by atoms with Gasteiger partial charge >= 0.3 is 5.97 Å². The summed E-state index contributed by atoms with van der Waals surface area (Å²) in [5.41, 5.74) is -0.740. The summed E-state index contributed by atoms with van der Waals surface area (Å²) in [4.78, 5) is 22.2. The first-order chi connectivity index (χ1) is 6.65. The van der Waals surface area contributed by atoms with E-state index in [-0.39, 0.29) is 17.5 Å². The minimum Gasteiger partial charge on any atom is -0.493 e. The first-order valence-corrected chi connectivity index (χ1v) is 4.37. The maximum absolute atomic E-state index is 11.2. The van der Waals surface area contributed by atoms with Gasteiger partial charge in [0, 0.05) is 12.5 Å². The van der Waals surface area contributed by atoms with Gasteiger partial charge < -0.3 is 9.47 Å². The lowest BCUT2D eigenvalue weighted by atomic mass is 9.93. The summed E-state index contributed by atoms with van der Waals surface area (Å²) in [5.74, 6) is -0.195. The van der Waals surface area contributed by atoms with Crippen LogP contribution in [0.3, 0.4) is 0 Å². The van der Waals surface area contributed by atoms with Gasteiger partial charge in [0.15, 0.2) is 11.4 Å². The van der Waals surface area contributed by atoms with Crippen molar-refractivity contribution in [3.63, 3.8) is 0 Å². The highest BCUT2D eigenvalue weighted by molar-refractivity contribution is 6.04. The molecule has 0 aromatic rings. The quantitative estimate of drug-likeness (QED) is 0.577. The minimum absolute atomic E-state index is 0.193. The Morgan fingerprint density at radius 1 is 1.50 bits per heavy atom. The number of carbonyl (C=O) groups is 2. The third kappa shape index (κ3) is 1.32. The van der Waals surface area contributed by atoms with Gasteiger partial charge in [-0.25, -0.2) is 0 Å². The first kappa shape index (κ1) is 8.99. The van der Waals surface area contributed by atoms with Crippen LogP contribution in [0.1, 0.15) is 12.8 Å². The number of hydrogen-bond acceptors (Lipinski definition) is 4. The van der Waals surface area contributed by atoms with E-state index < -0.39 is 5.60 Å². The molecule has 0 N–H and O–H groups in total. The molecule has 2 aliphatic rings. The van der Waals surface area contributed by atoms with Crippen LogP contribution < -0.4 is 0 Å². The molecule has 0 bridgehead atoms. The van der Waals surface area contributed by atoms with E-state index in [0.29, 0.717) is 12.8 Å². The lowest BCUT2D eigenvalue weighted by Crippen LogP contribution is -2.28. The van der Waals surface area contributed by atoms with Gasteiger partial charge in [0.1, 0.15) is 0 Å². The molecule has 4 nitrogen and oxygen atoms in total. The number of methoxy groups -OCH3 is 1. The van der Waals surface area contributed by atoms with E-state index in [1.54, 1.807) is 12.2 Å². The molecule has 4 heteroatoms. The predicted molar refractivity (Wildman–Crippen MR) is 47.3 cm³/mol. The van der Waals surface area contributed by atoms with Crippen LogP contribution in [0.15, 0.2) is 24.0 Å². The smallest absolute Gasteiger partial charge is 0.307 e. The minimum atomic E-state index is -0.740. The molecule has 1 aliphatic heterocycles. The first-order valence-electron chi connectivity index (χ1n) is 4.37. The second kappa shape index (κ2) is 2.97. The van der Waals surface area contributed by atoms with Crippen LogP contribution in [0.2, 0.25) is 0 Å². The molecule has 1 atom stereocenters. The standard InChI is InChI=1S/C10H10O4/c1-13-8-6-10(4-2-7(8)11)5-3-9(12)14-10/h2,4,6H,3,5H2,1H3/t10-/m1/s1. The Morgan fingerprint density at radius 2 is 2.29 bits per heavy atom. The Kier molecular flexibility index (Phi) is 1.91. The van der Waals surface area contributed by atoms with E-state index in [0.717, 1.165) is 0 Å². The summed E-state index contributed by atoms with van der Waals surface area (Å²) in [5, 5.41) is 0. The Balaban J connectivity index is 2.31. The number of rotatable bonds is 1. The van der Waals surface area contributed by atoms with E-state index in [1.165, 1.54) is 13.2 Å². The van der Waals surface area contributed by atoms with Gasteiger partial charge in [-0.15, -0.1) is 0 Å². The largest absolute Gasteiger partial charge is 0.493 e. The van der Waals surface area contributed by atoms with Crippen LogP contribution >= 0.6 is 0 Å². The highest BCUT2D eigenvalue weighted by Crippen LogP contribution is 2.33. The molecule has 0 amide bonds. The van der Waals surface area contributed by atoms with Crippen molar-refractivity contribution in [1.82, 2.24) is 0 Å². The molecule has 1 spiro atoms. The molecule has 0 saturated carbocycles. The average molecular weight is 194 g/mol. The number of esters is 1. The molecule has 0 aromatic carbocycles. The van der Waals surface area contributed by atoms with Gasteiger partial charge in [-0.1, -0.05) is 0 Å². The Hall–Kier alpha value is -1.58. The summed E-state index contributed by atoms with van der Waals surface area (Å²) >= 11 is 0. The highest BCUT2D eigenvalue weighted by atomic mass is 16.6. The summed E-state index contributed by atoms with van der Waals surface area (Å²) in [6.07, 6.45) is 5.52. The van der Waals surface area contributed by atoms with Crippen molar-refractivity contribution in [1.29, 1.82) is 0 Å². The fourth-order valence-electron chi connectivity index (χ4n) is 1.63. The number of allylic oxidation sites excluding steroid dienone is 1. The fraction of sp³-hybridized carbons (Fsp3) is 0.400. The lowest BCUT2D eigenvalue weighted by molar-refractivity contribution is -0.143. The molecule has 2 rings (SSSR count). The van der Waals surface area contributed by atoms with Crippen molar-refractivity contribution in [2.45, 2.75) is 18.4 Å². The third-order valence-corrected chi connectivity index (χ3v) is 2.38. The van der Waals surface area contributed by atoms with Crippen molar-refractivity contribution in [3.05, 3.63) is 24.0 Å². The normalized spacial score (nSPS) is 30.5. The second-order valence-electron chi connectivity index (χ2n) is 3.34. The van der Waals surface area contributed by atoms with E-state index in [4.69, 9.17) is 9.47 Å². The fourth-order valence-corrected chi connectivity index (χ4v) is 1.63. The molecule has 1 saturated heterocycles. The molecular formula is C10H10O4. The second-order valence-corrected chi connectivity index (χ2v) is 3.34. The van der Waals surface area contributed by atoms with Crippen LogP contribution in [-0.2, 0) is 19.1 Å². The maximum Gasteiger partial charge on any atom is 0.307 e. The van der Waals surface area contributed by atoms with Crippen molar-refractivity contribution in [3.8, 4) is 0 Å². The number of hydrogen-bond donors (Lipinski definition) is 0. The van der Waals surface area contributed by atoms with Crippen molar-refractivity contribution >= 4 is 11.8 Å². The number of ketones is 1. The van der Waals surface area contributed by atoms with Gasteiger partial charge in [-0.3, -0.25) is 9.59 Å². The van der Waals surface area contributed by atoms with E-state index in [9.17, 15) is 9.59 Å². The molecule has 1 aliphatic carbocycles. The Bertz CT molecular complexity index is 353. The lowest BCUT2D eigenvalue weighted by Gasteiger charge is -2.23. The topological polar surface area (TPSA) is 52.6 Å². The summed E-state index contributed by atoms with van der Waals surface area (Å²) < 4.78 is 10.0. The SMILES string of the molecule is COC1=C[C@@]2(C=CC1=O)CCC(=O)O2. The Morgan fingerprint density at radius 3 is 2.86 bits per heavy atom. The molecule has 1 heterocycles. The van der Waals surface area contributed by atoms with Crippen LogP contribution in [0, 0.1) is 0 Å². The maximum atomic E-state index is 11.2. The van der Waals surface area contributed by atoms with Crippen molar-refractivity contribution in [2.24, 2.45) is 0 Å². The van der Waals surface area contributed by atoms with Gasteiger partial charge in [0.05, 0.1) is 13.5 Å². The van der Waals surface area contributed by atoms with Gasteiger partial charge in [0.2, 0.25) is 5.78 Å². The highest BCUT2D eigenvalue weighted by Gasteiger charge is 2.39. The van der Waals surface area contributed by atoms with E-state index in [2.05, 4.69) is 0 Å². The van der Waals surface area contributed by atoms with Crippen LogP contribution in [0.25, 0.3) is 0 Å². The zero-order valence-corrected chi connectivity index (χ0v) is 7.78. The van der Waals surface area contributed by atoms with E-state index in [1.807, 2.05) is 0 Å². The van der Waals surface area contributed by atoms with Crippen molar-refractivity contribution < 1.29 is 19.1 Å². The molecule has 14 heavy (non-hydrogen) atoms. The summed E-state index contributed by atoms with van der Waals surface area (Å²) in [7, 11) is 1.42. The molecule has 0 aromatic heterocycles. The average Bonchev–Trinajstić information content (AvgIpc) is 2.53. The molecule has 0 unspecified atom stereocenters. The Labute approximate surface area is 81.2 Å². The van der Waals surface area contributed by atoms with Gasteiger partial charge in [0.25, 0.3) is 0 Å². The van der Waals surface area contributed by atoms with Gasteiger partial charge in [-0.2, -0.15) is 0 Å². The van der Waals surface area contributed by atoms with Gasteiger partial charge in [-0.05, 0) is 12.2 Å². The summed E-state index contributed by atoms with van der Waals surface area (Å²) in [6, 6.07) is 0. The van der Waals surface area contributed by atoms with Crippen molar-refractivity contribution in [2.75, 3.05) is 7.11 Å². The van der Waals surface area contributed by atoms with Crippen LogP contribution in [0.5, 0.6) is 0 Å². The van der Waals surface area contributed by atoms with E-state index >= 15 is 0 Å². The molecule has 1 fully saturated rings. The monoisotopic (exact) mass is 194 g/mol. The van der Waals surface area contributed by atoms with Crippen LogP contribution in [-0.4, -0.2) is 24.5 Å². The number of ether oxygens (including phenoxy) is 2. The zero-order valence-electron chi connectivity index (χ0n) is 7.78. The molecule has 74 valence electrons. The predicted octanol–water partition coefficient (Wildman–Crippen LogP) is 0.731. The van der Waals surface area contributed by atoms with Crippen LogP contribution in [0.4, 0.5) is 0 Å². The summed E-state index contributed by atoms with van der Waals surface area (Å²) in [6.45, 7) is 0.